The summed E-state index contributed by atoms with van der Waals surface area (Å²) in [5.41, 5.74) is 3.14. The van der Waals surface area contributed by atoms with Crippen LogP contribution in [0.2, 0.25) is 0 Å². The van der Waals surface area contributed by atoms with Gasteiger partial charge < -0.3 is 10.1 Å². The number of carbonyl (C=O) groups excluding carboxylic acids is 1. The Bertz CT molecular complexity index is 896. The molecule has 3 rings (SSSR count). The summed E-state index contributed by atoms with van der Waals surface area (Å²) in [6.07, 6.45) is 2.36. The third-order valence-corrected chi connectivity index (χ3v) is 3.85. The van der Waals surface area contributed by atoms with E-state index >= 15 is 0 Å². The second kappa shape index (κ2) is 7.62. The van der Waals surface area contributed by atoms with E-state index < -0.39 is 0 Å². The number of hydrogen-bond donors (Lipinski definition) is 1. The van der Waals surface area contributed by atoms with E-state index in [1.54, 1.807) is 6.20 Å². The molecular weight excluding hydrogens is 312 g/mol. The number of carbonyl (C=O) groups is 1. The minimum Gasteiger partial charge on any atom is -0.498 e. The average molecular weight is 332 g/mol. The molecule has 1 amide bonds. The Labute approximate surface area is 147 Å². The molecule has 126 valence electrons. The van der Waals surface area contributed by atoms with Crippen molar-refractivity contribution in [3.63, 3.8) is 0 Å². The number of hydrogen-bond acceptors (Lipinski definition) is 3. The number of fused-ring (bicyclic) bond motifs is 1. The van der Waals surface area contributed by atoms with Crippen molar-refractivity contribution in [2.24, 2.45) is 0 Å². The maximum Gasteiger partial charge on any atom is 0.255 e. The average Bonchev–Trinajstić information content (AvgIpc) is 2.63. The fourth-order valence-electron chi connectivity index (χ4n) is 2.66. The fraction of sp³-hybridized carbons (Fsp3) is 0.143. The molecule has 0 radical (unpaired) electrons. The van der Waals surface area contributed by atoms with Crippen LogP contribution >= 0.6 is 0 Å². The summed E-state index contributed by atoms with van der Waals surface area (Å²) in [6.45, 7) is 6.41. The zero-order valence-corrected chi connectivity index (χ0v) is 14.2. The van der Waals surface area contributed by atoms with Crippen LogP contribution in [0.1, 0.15) is 22.8 Å². The Balaban J connectivity index is 1.74. The molecule has 0 aliphatic rings. The van der Waals surface area contributed by atoms with Crippen molar-refractivity contribution in [1.29, 1.82) is 0 Å². The van der Waals surface area contributed by atoms with Crippen molar-refractivity contribution in [3.8, 4) is 0 Å². The molecule has 2 aromatic carbocycles. The molecule has 0 fully saturated rings. The van der Waals surface area contributed by atoms with E-state index in [0.29, 0.717) is 24.3 Å². The van der Waals surface area contributed by atoms with Crippen molar-refractivity contribution >= 4 is 22.5 Å². The zero-order chi connectivity index (χ0) is 17.6. The SMILES string of the molecule is C=C(Cc1ccc(C(=O)Nc2cccc3cccnc23)cc1)OCC. The second-order valence-corrected chi connectivity index (χ2v) is 5.68. The molecule has 25 heavy (non-hydrogen) atoms. The van der Waals surface area contributed by atoms with Crippen LogP contribution in [0.25, 0.3) is 10.9 Å². The molecule has 0 saturated heterocycles. The van der Waals surface area contributed by atoms with Crippen LogP contribution in [0.15, 0.2) is 73.1 Å². The Kier molecular flexibility index (Phi) is 5.09. The van der Waals surface area contributed by atoms with E-state index in [1.165, 1.54) is 0 Å². The van der Waals surface area contributed by atoms with Crippen molar-refractivity contribution in [2.75, 3.05) is 11.9 Å². The number of allylic oxidation sites excluding steroid dienone is 1. The summed E-state index contributed by atoms with van der Waals surface area (Å²) in [4.78, 5) is 16.9. The largest absolute Gasteiger partial charge is 0.498 e. The van der Waals surface area contributed by atoms with Gasteiger partial charge in [0.05, 0.1) is 23.6 Å². The third-order valence-electron chi connectivity index (χ3n) is 3.85. The van der Waals surface area contributed by atoms with Gasteiger partial charge in [-0.05, 0) is 36.8 Å². The maximum absolute atomic E-state index is 12.5. The van der Waals surface area contributed by atoms with Crippen LogP contribution in [0.3, 0.4) is 0 Å². The normalized spacial score (nSPS) is 10.4. The van der Waals surface area contributed by atoms with Gasteiger partial charge in [0.25, 0.3) is 5.91 Å². The first-order valence-electron chi connectivity index (χ1n) is 8.22. The van der Waals surface area contributed by atoms with E-state index in [0.717, 1.165) is 22.2 Å². The summed E-state index contributed by atoms with van der Waals surface area (Å²) in [5, 5.41) is 3.93. The molecular formula is C21H20N2O2. The first kappa shape index (κ1) is 16.7. The lowest BCUT2D eigenvalue weighted by Gasteiger charge is -2.09. The first-order chi connectivity index (χ1) is 12.2. The Morgan fingerprint density at radius 3 is 2.64 bits per heavy atom. The van der Waals surface area contributed by atoms with E-state index in [9.17, 15) is 4.79 Å². The van der Waals surface area contributed by atoms with Crippen molar-refractivity contribution in [1.82, 2.24) is 4.98 Å². The first-order valence-corrected chi connectivity index (χ1v) is 8.22. The summed E-state index contributed by atoms with van der Waals surface area (Å²) < 4.78 is 5.36. The van der Waals surface area contributed by atoms with E-state index in [1.807, 2.05) is 61.5 Å². The number of amides is 1. The van der Waals surface area contributed by atoms with Crippen molar-refractivity contribution in [3.05, 3.63) is 84.3 Å². The van der Waals surface area contributed by atoms with Crippen LogP contribution < -0.4 is 5.32 Å². The highest BCUT2D eigenvalue weighted by Gasteiger charge is 2.09. The van der Waals surface area contributed by atoms with Crippen LogP contribution in [-0.2, 0) is 11.2 Å². The van der Waals surface area contributed by atoms with Gasteiger partial charge >= 0.3 is 0 Å². The summed E-state index contributed by atoms with van der Waals surface area (Å²) in [6, 6.07) is 17.0. The lowest BCUT2D eigenvalue weighted by atomic mass is 10.1. The highest BCUT2D eigenvalue weighted by molar-refractivity contribution is 6.08. The monoisotopic (exact) mass is 332 g/mol. The minimum absolute atomic E-state index is 0.159. The van der Waals surface area contributed by atoms with E-state index in [4.69, 9.17) is 4.74 Å². The molecule has 0 spiro atoms. The summed E-state index contributed by atoms with van der Waals surface area (Å²) in [7, 11) is 0. The van der Waals surface area contributed by atoms with Gasteiger partial charge in [0.2, 0.25) is 0 Å². The van der Waals surface area contributed by atoms with E-state index in [2.05, 4.69) is 16.9 Å². The van der Waals surface area contributed by atoms with Gasteiger partial charge in [0.1, 0.15) is 0 Å². The minimum atomic E-state index is -0.159. The molecule has 1 heterocycles. The Morgan fingerprint density at radius 2 is 1.88 bits per heavy atom. The number of nitrogens with one attached hydrogen (secondary N) is 1. The zero-order valence-electron chi connectivity index (χ0n) is 14.2. The van der Waals surface area contributed by atoms with Gasteiger partial charge in [0, 0.05) is 23.6 Å². The van der Waals surface area contributed by atoms with Crippen LogP contribution in [0.4, 0.5) is 5.69 Å². The van der Waals surface area contributed by atoms with Gasteiger partial charge in [-0.3, -0.25) is 9.78 Å². The van der Waals surface area contributed by atoms with Gasteiger partial charge in [-0.1, -0.05) is 36.9 Å². The standard InChI is InChI=1S/C21H20N2O2/c1-3-25-15(2)14-16-9-11-18(12-10-16)21(24)23-19-8-4-6-17-7-5-13-22-20(17)19/h4-13H,2-3,14H2,1H3,(H,23,24). The number of ether oxygens (including phenoxy) is 1. The van der Waals surface area contributed by atoms with Crippen LogP contribution in [-0.4, -0.2) is 17.5 Å². The molecule has 0 unspecified atom stereocenters. The predicted octanol–water partition coefficient (Wildman–Crippen LogP) is 4.58. The Hall–Kier alpha value is -3.14. The van der Waals surface area contributed by atoms with Gasteiger partial charge in [0.15, 0.2) is 0 Å². The lowest BCUT2D eigenvalue weighted by molar-refractivity contribution is 0.102. The fourth-order valence-corrected chi connectivity index (χ4v) is 2.66. The molecule has 1 N–H and O–H groups in total. The molecule has 0 aliphatic carbocycles. The number of nitrogens with zero attached hydrogens (tertiary/aromatic N) is 1. The molecule has 0 atom stereocenters. The number of anilines is 1. The lowest BCUT2D eigenvalue weighted by Crippen LogP contribution is -2.12. The third kappa shape index (κ3) is 4.04. The van der Waals surface area contributed by atoms with Crippen molar-refractivity contribution < 1.29 is 9.53 Å². The quantitative estimate of drug-likeness (QED) is 0.672. The van der Waals surface area contributed by atoms with Gasteiger partial charge in [-0.25, -0.2) is 0 Å². The molecule has 0 saturated carbocycles. The topological polar surface area (TPSA) is 51.2 Å². The highest BCUT2D eigenvalue weighted by Crippen LogP contribution is 2.21. The van der Waals surface area contributed by atoms with Crippen LogP contribution in [0.5, 0.6) is 0 Å². The van der Waals surface area contributed by atoms with Crippen molar-refractivity contribution in [2.45, 2.75) is 13.3 Å². The number of para-hydroxylation sites is 1. The number of benzene rings is 2. The molecule has 3 aromatic rings. The number of pyridine rings is 1. The second-order valence-electron chi connectivity index (χ2n) is 5.68. The molecule has 1 aromatic heterocycles. The number of rotatable bonds is 6. The molecule has 4 heteroatoms. The van der Waals surface area contributed by atoms with Crippen LogP contribution in [0, 0.1) is 0 Å². The highest BCUT2D eigenvalue weighted by atomic mass is 16.5. The predicted molar refractivity (Wildman–Crippen MR) is 101 cm³/mol. The van der Waals surface area contributed by atoms with E-state index in [-0.39, 0.29) is 5.91 Å². The summed E-state index contributed by atoms with van der Waals surface area (Å²) in [5.74, 6) is 0.565. The molecule has 4 nitrogen and oxygen atoms in total. The van der Waals surface area contributed by atoms with Gasteiger partial charge in [-0.15, -0.1) is 0 Å². The smallest absolute Gasteiger partial charge is 0.255 e. The van der Waals surface area contributed by atoms with Gasteiger partial charge in [-0.2, -0.15) is 0 Å². The molecule has 0 bridgehead atoms. The Morgan fingerprint density at radius 1 is 1.12 bits per heavy atom. The summed E-state index contributed by atoms with van der Waals surface area (Å²) >= 11 is 0. The molecule has 0 aliphatic heterocycles. The maximum atomic E-state index is 12.5. The number of aromatic nitrogens is 1.